The van der Waals surface area contributed by atoms with Crippen molar-refractivity contribution in [3.8, 4) is 29.4 Å². The Morgan fingerprint density at radius 2 is 0.939 bits per heavy atom. The Kier molecular flexibility index (Phi) is 40.0. The number of fused-ring (bicyclic) bond motifs is 2. The zero-order valence-electron chi connectivity index (χ0n) is 84.9. The third-order valence-corrected chi connectivity index (χ3v) is 25.9. The number of esters is 1. The van der Waals surface area contributed by atoms with E-state index in [1.807, 2.05) is 131 Å². The standard InChI is InChI=1S/C27H34N8O3S.C26H30N6O4S.C23H25N8O4S.C19H19N9O2S.4Cu/c1-10-38-20-13-11-17(26(2,3)4)15-21(20)39(36,37)34-25-19(12-14-22(29-25)35(8)9)30-32-24-18(16-28)23(31-33-24)27(5,6)7;1-25(2,3)16-9-11-19(32-37(33,34)22-14-17(35-7)10-12-21(22)36-8)20(13-16)28-30-24-18(15-27)23(29-31-24)26(4,5)6;1-6-35-22(32)15-13-25-27-20(15)28-26-18-19(23(2,3)4)29-31(5)21(18)30-36(33,34)16-11-7-9-14-10-8-12-24-17(14)16;1-19(2,3)16-15(23-25-18-21-11-22-24-18)17(28(4)26-16)27-31(29,30)13-9-5-7-12-8-6-10-20-14(12)13;;;;/h11-15H,10H2,1-9H3;9-14H,1-8H3;7-13H,6H2,1-5H3,(H-,25,26,27,28,29,30,32);5-11H,1-4H3;;;;/q2*-2;-1;-2;4*+2/p-1. The van der Waals surface area contributed by atoms with Gasteiger partial charge in [-0.15, -0.1) is 5.69 Å². The monoisotopic (exact) mass is 2270 g/mol. The first kappa shape index (κ1) is 120. The molecule has 0 saturated heterocycles. The number of anilines is 1. The van der Waals surface area contributed by atoms with Gasteiger partial charge in [-0.1, -0.05) is 179 Å². The molecule has 788 valence electrons. The van der Waals surface area contributed by atoms with E-state index < -0.39 is 67.7 Å². The van der Waals surface area contributed by atoms with Crippen LogP contribution in [0.4, 0.5) is 75.1 Å². The molecule has 0 N–H and O–H groups in total. The largest absolute Gasteiger partial charge is 2.00 e. The van der Waals surface area contributed by atoms with Crippen molar-refractivity contribution in [3.63, 3.8) is 0 Å². The summed E-state index contributed by atoms with van der Waals surface area (Å²) in [6.45, 7) is 38.9. The number of rotatable bonds is 27. The Morgan fingerprint density at radius 1 is 0.476 bits per heavy atom. The van der Waals surface area contributed by atoms with Gasteiger partial charge in [-0.2, -0.15) is 10.5 Å². The minimum absolute atomic E-state index is 0. The molecule has 0 atom stereocenters. The van der Waals surface area contributed by atoms with E-state index in [9.17, 15) is 49.0 Å². The molecule has 14 aromatic rings. The summed E-state index contributed by atoms with van der Waals surface area (Å²) in [5.41, 5.74) is 3.09. The summed E-state index contributed by atoms with van der Waals surface area (Å²) in [4.78, 5) is 30.3. The van der Waals surface area contributed by atoms with Crippen LogP contribution in [0.3, 0.4) is 0 Å². The van der Waals surface area contributed by atoms with Crippen molar-refractivity contribution in [2.24, 2.45) is 55.0 Å². The molecule has 0 unspecified atom stereocenters. The minimum Gasteiger partial charge on any atom is -0.571 e. The number of nitriles is 2. The molecule has 52 heteroatoms. The molecule has 0 fully saturated rings. The van der Waals surface area contributed by atoms with Crippen LogP contribution in [0, 0.1) is 22.7 Å². The van der Waals surface area contributed by atoms with Crippen LogP contribution in [0.1, 0.15) is 194 Å². The van der Waals surface area contributed by atoms with Gasteiger partial charge >= 0.3 is 74.2 Å². The first-order valence-corrected chi connectivity index (χ1v) is 49.8. The molecule has 0 aliphatic heterocycles. The molecule has 0 spiro atoms. The molecule has 9 heterocycles. The molecule has 44 nitrogen and oxygen atoms in total. The maximum atomic E-state index is 13.7. The molecule has 14 rings (SSSR count). The predicted octanol–water partition coefficient (Wildman–Crippen LogP) is 20.9. The Balaban J connectivity index is 0.000000264. The predicted molar refractivity (Wildman–Crippen MR) is 535 cm³/mol. The van der Waals surface area contributed by atoms with Crippen LogP contribution in [0.5, 0.6) is 17.2 Å². The Hall–Kier alpha value is -13.6. The van der Waals surface area contributed by atoms with E-state index in [1.54, 1.807) is 144 Å². The van der Waals surface area contributed by atoms with Gasteiger partial charge in [0.1, 0.15) is 50.3 Å². The van der Waals surface area contributed by atoms with Gasteiger partial charge in [0.25, 0.3) is 0 Å². The molecule has 0 aliphatic carbocycles. The van der Waals surface area contributed by atoms with E-state index in [0.717, 1.165) is 11.1 Å². The number of nitrogens with zero attached hydrogens (tertiary/aromatic N) is 31. The van der Waals surface area contributed by atoms with E-state index in [4.69, 9.17) is 18.9 Å². The number of azo groups is 4. The van der Waals surface area contributed by atoms with Gasteiger partial charge in [-0.25, -0.2) is 48.7 Å². The number of pyridine rings is 3. The van der Waals surface area contributed by atoms with E-state index in [0.29, 0.717) is 56.1 Å². The second kappa shape index (κ2) is 48.8. The topological polar surface area (TPSA) is 592 Å². The third kappa shape index (κ3) is 29.3. The molecule has 0 bridgehead atoms. The van der Waals surface area contributed by atoms with Crippen molar-refractivity contribution in [2.75, 3.05) is 46.4 Å². The number of benzene rings is 5. The van der Waals surface area contributed by atoms with E-state index in [2.05, 4.69) is 143 Å². The summed E-state index contributed by atoms with van der Waals surface area (Å²) in [6.07, 6.45) is 5.52. The summed E-state index contributed by atoms with van der Waals surface area (Å²) in [5, 5.41) is 93.9. The smallest absolute Gasteiger partial charge is 0.571 e. The maximum Gasteiger partial charge on any atom is 2.00 e. The normalized spacial score (nSPS) is 12.1. The van der Waals surface area contributed by atoms with Crippen molar-refractivity contribution in [3.05, 3.63) is 222 Å². The van der Waals surface area contributed by atoms with E-state index >= 15 is 0 Å². The molecule has 5 aromatic carbocycles. The van der Waals surface area contributed by atoms with Crippen LogP contribution in [-0.2, 0) is 160 Å². The molecule has 0 amide bonds. The Labute approximate surface area is 895 Å². The summed E-state index contributed by atoms with van der Waals surface area (Å²) in [6, 6.07) is 38.7. The number of hydrogen-bond donors (Lipinski definition) is 0. The maximum absolute atomic E-state index is 13.7. The molecule has 4 radical (unpaired) electrons. The van der Waals surface area contributed by atoms with Gasteiger partial charge in [0.15, 0.2) is 0 Å². The van der Waals surface area contributed by atoms with E-state index in [1.165, 1.54) is 72.8 Å². The summed E-state index contributed by atoms with van der Waals surface area (Å²) in [7, 11) is -7.35. The number of aryl methyl sites for hydroxylation is 2. The molecule has 0 saturated carbocycles. The number of carbonyl (C=O) groups is 1. The third-order valence-electron chi connectivity index (χ3n) is 20.7. The molecule has 9 aromatic heterocycles. The first-order chi connectivity index (χ1) is 67.0. The zero-order valence-corrected chi connectivity index (χ0v) is 91.9. The quantitative estimate of drug-likeness (QED) is 0.0262. The molecular formula is C95H107Cu4N31O13S4. The van der Waals surface area contributed by atoms with Crippen molar-refractivity contribution in [1.82, 2.24) is 80.3 Å². The number of aromatic nitrogens is 16. The van der Waals surface area contributed by atoms with Crippen LogP contribution in [0.15, 0.2) is 213 Å². The molecule has 147 heavy (non-hydrogen) atoms. The van der Waals surface area contributed by atoms with Crippen LogP contribution in [0.25, 0.3) is 40.7 Å². The minimum atomic E-state index is -4.29. The number of carbonyl (C=O) groups excluding carboxylic acids is 1. The van der Waals surface area contributed by atoms with Gasteiger partial charge in [0.05, 0.1) is 110 Å². The number of methoxy groups -OCH3 is 2. The van der Waals surface area contributed by atoms with Crippen LogP contribution in [0.2, 0.25) is 0 Å². The fourth-order valence-electron chi connectivity index (χ4n) is 13.4. The summed E-state index contributed by atoms with van der Waals surface area (Å²) >= 11 is 0. The number of sulfonamides is 4. The molecule has 0 aliphatic rings. The van der Waals surface area contributed by atoms with Crippen molar-refractivity contribution in [1.29, 1.82) is 10.5 Å². The van der Waals surface area contributed by atoms with Crippen LogP contribution in [-0.4, -0.2) is 141 Å². The number of hydrogen-bond acceptors (Lipinski definition) is 34. The van der Waals surface area contributed by atoms with E-state index in [-0.39, 0.29) is 209 Å². The van der Waals surface area contributed by atoms with Crippen LogP contribution < -0.4 is 39.4 Å². The van der Waals surface area contributed by atoms with Gasteiger partial charge in [-0.3, -0.25) is 55.9 Å². The van der Waals surface area contributed by atoms with Gasteiger partial charge in [0, 0.05) is 89.0 Å². The summed E-state index contributed by atoms with van der Waals surface area (Å²) in [5.74, 6) is 0.401. The fraction of sp³-hybridized carbons (Fsp3) is 0.358. The number of para-hydroxylation sites is 2. The average Bonchev–Trinajstić information content (AvgIpc) is 1.64. The second-order valence-corrected chi connectivity index (χ2v) is 44.3. The van der Waals surface area contributed by atoms with Crippen molar-refractivity contribution >= 4 is 143 Å². The van der Waals surface area contributed by atoms with Gasteiger partial charge in [0.2, 0.25) is 30.1 Å². The SMILES string of the molecule is CCOC(=O)c1cn[n-]c1N=Nc1c(C(C)(C)C)nn(C)c1[N-]S(=O)(=O)c1cccc2cccnc12.CCOc1ccc(C(C)(C)C)cc1S(=O)(=O)[N-]c1nc(N(C)C)ccc1N=Nc1[n-]nc(C(C)(C)C)c1C#N.COc1ccc(OC)c(S(=O)(=O)[N-]c2ccc(C(C)(C)C)cc2N=Nc2[n-]nc(C(C)(C)C)c2C#N)c1.Cn1nc(C(C)(C)C)c(N=Nc2nnc[n-]2)c1[N-]S(=O)(=O)c1cccc2cccnc12.[Cu+2].[Cu+2].[Cu+2].[Cu+2]. The average molecular weight is 2270 g/mol. The van der Waals surface area contributed by atoms with Gasteiger partial charge < -0.3 is 97.8 Å². The van der Waals surface area contributed by atoms with Crippen molar-refractivity contribution in [2.45, 2.75) is 191 Å². The Morgan fingerprint density at radius 3 is 1.40 bits per heavy atom. The van der Waals surface area contributed by atoms with Crippen LogP contribution >= 0.6 is 0 Å². The van der Waals surface area contributed by atoms with Gasteiger partial charge in [-0.05, 0) is 152 Å². The molecular weight excluding hydrogens is 2170 g/mol. The number of ether oxygens (including phenoxy) is 4. The Bertz CT molecular complexity index is 7750. The van der Waals surface area contributed by atoms with Crippen molar-refractivity contribution < 1.29 is 126 Å². The second-order valence-electron chi connectivity index (χ2n) is 38.0. The zero-order chi connectivity index (χ0) is 105. The first-order valence-electron chi connectivity index (χ1n) is 44.1. The summed E-state index contributed by atoms with van der Waals surface area (Å²) < 4.78 is 147. The fourth-order valence-corrected chi connectivity index (χ4v) is 18.0.